The van der Waals surface area contributed by atoms with E-state index < -0.39 is 5.97 Å². The topological polar surface area (TPSA) is 64.3 Å². The van der Waals surface area contributed by atoms with Gasteiger partial charge in [-0.25, -0.2) is 13.9 Å². The second kappa shape index (κ2) is 6.41. The van der Waals surface area contributed by atoms with Gasteiger partial charge in [0.25, 0.3) is 0 Å². The summed E-state index contributed by atoms with van der Waals surface area (Å²) in [5.74, 6) is -1.54. The van der Waals surface area contributed by atoms with Gasteiger partial charge in [-0.3, -0.25) is 0 Å². The minimum absolute atomic E-state index is 0.171. The number of carbonyl (C=O) groups is 1. The number of ether oxygens (including phenoxy) is 1. The highest BCUT2D eigenvalue weighted by molar-refractivity contribution is 6.31. The molecular formula is C14H12ClFN2O3. The third kappa shape index (κ3) is 3.41. The third-order valence-electron chi connectivity index (χ3n) is 2.74. The number of nitrogens with zero attached hydrogens (tertiary/aromatic N) is 2. The molecule has 1 N–H and O–H groups in total. The molecule has 2 aromatic rings. The maximum Gasteiger partial charge on any atom is 0.357 e. The number of aromatic nitrogens is 2. The largest absolute Gasteiger partial charge is 0.504 e. The van der Waals surface area contributed by atoms with E-state index in [2.05, 4.69) is 5.10 Å². The number of hydrogen-bond donors (Lipinski definition) is 1. The van der Waals surface area contributed by atoms with Crippen molar-refractivity contribution in [3.63, 3.8) is 0 Å². The van der Waals surface area contributed by atoms with Crippen molar-refractivity contribution < 1.29 is 19.0 Å². The predicted molar refractivity (Wildman–Crippen MR) is 75.7 cm³/mol. The molecule has 7 heteroatoms. The van der Waals surface area contributed by atoms with Crippen molar-refractivity contribution in [2.24, 2.45) is 0 Å². The smallest absolute Gasteiger partial charge is 0.357 e. The normalized spacial score (nSPS) is 11.0. The number of rotatable bonds is 5. The summed E-state index contributed by atoms with van der Waals surface area (Å²) in [6.45, 7) is 0.236. The number of hydrogen-bond acceptors (Lipinski definition) is 3. The molecule has 0 atom stereocenters. The van der Waals surface area contributed by atoms with E-state index in [9.17, 15) is 9.18 Å². The van der Waals surface area contributed by atoms with Gasteiger partial charge in [0, 0.05) is 5.56 Å². The third-order valence-corrected chi connectivity index (χ3v) is 3.14. The molecule has 0 aliphatic rings. The molecule has 1 aromatic carbocycles. The van der Waals surface area contributed by atoms with Crippen LogP contribution in [-0.2, 0) is 11.3 Å². The van der Waals surface area contributed by atoms with Gasteiger partial charge in [0.15, 0.2) is 5.69 Å². The van der Waals surface area contributed by atoms with Crippen LogP contribution < -0.4 is 0 Å². The number of aromatic carboxylic acids is 1. The molecule has 0 unspecified atom stereocenters. The summed E-state index contributed by atoms with van der Waals surface area (Å²) in [4.78, 5) is 11.2. The van der Waals surface area contributed by atoms with Crippen molar-refractivity contribution in [1.29, 1.82) is 0 Å². The zero-order chi connectivity index (χ0) is 15.4. The fourth-order valence-electron chi connectivity index (χ4n) is 1.76. The van der Waals surface area contributed by atoms with Crippen LogP contribution in [0.15, 0.2) is 30.5 Å². The van der Waals surface area contributed by atoms with E-state index in [-0.39, 0.29) is 28.8 Å². The zero-order valence-electron chi connectivity index (χ0n) is 11.1. The van der Waals surface area contributed by atoms with Crippen molar-refractivity contribution in [2.45, 2.75) is 6.54 Å². The van der Waals surface area contributed by atoms with Gasteiger partial charge in [-0.2, -0.15) is 5.10 Å². The number of carboxylic acids is 1. The molecule has 0 radical (unpaired) electrons. The van der Waals surface area contributed by atoms with E-state index in [1.807, 2.05) is 0 Å². The quantitative estimate of drug-likeness (QED) is 0.862. The van der Waals surface area contributed by atoms with Crippen LogP contribution in [0.5, 0.6) is 0 Å². The van der Waals surface area contributed by atoms with Gasteiger partial charge in [-0.1, -0.05) is 23.7 Å². The first kappa shape index (κ1) is 15.1. The number of methoxy groups -OCH3 is 1. The second-order valence-corrected chi connectivity index (χ2v) is 4.54. The van der Waals surface area contributed by atoms with E-state index in [1.54, 1.807) is 12.1 Å². The molecule has 0 aliphatic heterocycles. The molecule has 2 rings (SSSR count). The van der Waals surface area contributed by atoms with Gasteiger partial charge in [0.1, 0.15) is 11.0 Å². The Balaban J connectivity index is 2.38. The van der Waals surface area contributed by atoms with Crippen LogP contribution in [0.25, 0.3) is 6.08 Å². The highest BCUT2D eigenvalue weighted by Gasteiger charge is 2.19. The van der Waals surface area contributed by atoms with Crippen LogP contribution in [0.1, 0.15) is 21.6 Å². The minimum Gasteiger partial charge on any atom is -0.504 e. The molecule has 110 valence electrons. The van der Waals surface area contributed by atoms with Crippen molar-refractivity contribution in [3.8, 4) is 0 Å². The molecule has 0 aliphatic carbocycles. The Kier molecular flexibility index (Phi) is 4.59. The highest BCUT2D eigenvalue weighted by Crippen LogP contribution is 2.23. The Bertz CT molecular complexity index is 680. The van der Waals surface area contributed by atoms with Crippen LogP contribution in [0, 0.1) is 5.82 Å². The molecular weight excluding hydrogens is 299 g/mol. The van der Waals surface area contributed by atoms with Crippen molar-refractivity contribution in [3.05, 3.63) is 58.3 Å². The summed E-state index contributed by atoms with van der Waals surface area (Å²) in [5.41, 5.74) is 0.837. The second-order valence-electron chi connectivity index (χ2n) is 4.18. The predicted octanol–water partition coefficient (Wildman–Crippen LogP) is 3.04. The molecule has 0 saturated carbocycles. The summed E-state index contributed by atoms with van der Waals surface area (Å²) >= 11 is 6.15. The first-order valence-electron chi connectivity index (χ1n) is 5.96. The van der Waals surface area contributed by atoms with E-state index >= 15 is 0 Å². The van der Waals surface area contributed by atoms with Crippen molar-refractivity contribution in [1.82, 2.24) is 9.78 Å². The number of carboxylic acid groups (broad SMARTS) is 1. The molecule has 1 heterocycles. The molecule has 0 bridgehead atoms. The summed E-state index contributed by atoms with van der Waals surface area (Å²) in [5, 5.41) is 13.3. The first-order valence-corrected chi connectivity index (χ1v) is 6.34. The van der Waals surface area contributed by atoms with Crippen LogP contribution in [-0.4, -0.2) is 28.0 Å². The molecule has 0 amide bonds. The lowest BCUT2D eigenvalue weighted by atomic mass is 10.2. The Hall–Kier alpha value is -2.34. The Morgan fingerprint density at radius 1 is 1.48 bits per heavy atom. The van der Waals surface area contributed by atoms with E-state index in [4.69, 9.17) is 21.4 Å². The Morgan fingerprint density at radius 3 is 2.71 bits per heavy atom. The monoisotopic (exact) mass is 310 g/mol. The number of halogens is 2. The summed E-state index contributed by atoms with van der Waals surface area (Å²) < 4.78 is 19.0. The molecule has 0 saturated heterocycles. The van der Waals surface area contributed by atoms with Gasteiger partial charge < -0.3 is 9.84 Å². The van der Waals surface area contributed by atoms with Crippen molar-refractivity contribution in [2.75, 3.05) is 7.11 Å². The minimum atomic E-state index is -1.19. The summed E-state index contributed by atoms with van der Waals surface area (Å²) in [6, 6.07) is 5.80. The van der Waals surface area contributed by atoms with Gasteiger partial charge in [-0.15, -0.1) is 0 Å². The van der Waals surface area contributed by atoms with Crippen LogP contribution in [0.2, 0.25) is 5.15 Å². The van der Waals surface area contributed by atoms with E-state index in [1.165, 1.54) is 36.3 Å². The fourth-order valence-corrected chi connectivity index (χ4v) is 2.01. The molecule has 0 fully saturated rings. The average Bonchev–Trinajstić information content (AvgIpc) is 2.76. The Labute approximate surface area is 125 Å². The lowest BCUT2D eigenvalue weighted by molar-refractivity contribution is 0.0689. The molecule has 0 spiro atoms. The number of benzene rings is 1. The average molecular weight is 311 g/mol. The zero-order valence-corrected chi connectivity index (χ0v) is 11.8. The fraction of sp³-hybridized carbons (Fsp3) is 0.143. The summed E-state index contributed by atoms with van der Waals surface area (Å²) in [6.07, 6.45) is 2.75. The molecule has 21 heavy (non-hydrogen) atoms. The van der Waals surface area contributed by atoms with Crippen molar-refractivity contribution >= 4 is 23.6 Å². The lowest BCUT2D eigenvalue weighted by Gasteiger charge is -2.03. The van der Waals surface area contributed by atoms with Gasteiger partial charge in [0.2, 0.25) is 0 Å². The highest BCUT2D eigenvalue weighted by atomic mass is 35.5. The van der Waals surface area contributed by atoms with Crippen LogP contribution in [0.3, 0.4) is 0 Å². The van der Waals surface area contributed by atoms with Gasteiger partial charge in [0.05, 0.1) is 19.9 Å². The van der Waals surface area contributed by atoms with Crippen LogP contribution >= 0.6 is 11.6 Å². The first-order chi connectivity index (χ1) is 10.0. The maximum absolute atomic E-state index is 12.9. The van der Waals surface area contributed by atoms with Crippen LogP contribution in [0.4, 0.5) is 4.39 Å². The van der Waals surface area contributed by atoms with E-state index in [0.29, 0.717) is 0 Å². The molecule has 5 nitrogen and oxygen atoms in total. The maximum atomic E-state index is 12.9. The molecule has 1 aromatic heterocycles. The van der Waals surface area contributed by atoms with Gasteiger partial charge >= 0.3 is 5.97 Å². The van der Waals surface area contributed by atoms with Gasteiger partial charge in [-0.05, 0) is 23.8 Å². The standard InChI is InChI=1S/C14H12ClFN2O3/c1-21-7-6-11-12(14(19)20)17-18(13(11)15)8-9-2-4-10(16)5-3-9/h2-7H,8H2,1H3,(H,19,20). The lowest BCUT2D eigenvalue weighted by Crippen LogP contribution is -2.04. The SMILES string of the molecule is COC=Cc1c(C(=O)O)nn(Cc2ccc(F)cc2)c1Cl. The van der Waals surface area contributed by atoms with E-state index in [0.717, 1.165) is 5.56 Å². The summed E-state index contributed by atoms with van der Waals surface area (Å²) in [7, 11) is 1.44. The Morgan fingerprint density at radius 2 is 2.14 bits per heavy atom.